The molecule has 1 aliphatic rings. The summed E-state index contributed by atoms with van der Waals surface area (Å²) in [6, 6.07) is 15.4. The molecule has 1 atom stereocenters. The number of nitrogens with one attached hydrogen (secondary N) is 1. The molecule has 31 heavy (non-hydrogen) atoms. The van der Waals surface area contributed by atoms with Crippen molar-refractivity contribution in [3.8, 4) is 17.7 Å². The first-order valence-electron chi connectivity index (χ1n) is 8.99. The van der Waals surface area contributed by atoms with Crippen molar-refractivity contribution in [1.29, 1.82) is 5.26 Å². The van der Waals surface area contributed by atoms with Crippen LogP contribution >= 0.6 is 11.6 Å². The number of para-hydroxylation sites is 1. The molecule has 0 fully saturated rings. The van der Waals surface area contributed by atoms with Crippen LogP contribution in [0.2, 0.25) is 5.02 Å². The summed E-state index contributed by atoms with van der Waals surface area (Å²) in [5.41, 5.74) is 5.22. The molecule has 1 aromatic heterocycles. The Morgan fingerprint density at radius 2 is 1.90 bits per heavy atom. The van der Waals surface area contributed by atoms with Crippen LogP contribution < -0.4 is 15.2 Å². The SMILES string of the molecule is N#CC1=C(N)Oc2n[nH]c(C(F)(F)F)c2[C@@H]1c1ccccc1OCc1ccccc1Cl. The number of aromatic nitrogens is 2. The lowest BCUT2D eigenvalue weighted by Crippen LogP contribution is -2.23. The second-order valence-corrected chi connectivity index (χ2v) is 7.07. The van der Waals surface area contributed by atoms with Crippen LogP contribution in [0.5, 0.6) is 11.6 Å². The van der Waals surface area contributed by atoms with E-state index in [2.05, 4.69) is 5.10 Å². The summed E-state index contributed by atoms with van der Waals surface area (Å²) < 4.78 is 52.0. The molecule has 0 unspecified atom stereocenters. The molecule has 0 saturated heterocycles. The third-order valence-corrected chi connectivity index (χ3v) is 5.16. The largest absolute Gasteiger partial charge is 0.489 e. The van der Waals surface area contributed by atoms with Gasteiger partial charge in [-0.3, -0.25) is 5.10 Å². The molecule has 3 N–H and O–H groups in total. The van der Waals surface area contributed by atoms with Crippen molar-refractivity contribution in [2.45, 2.75) is 18.7 Å². The van der Waals surface area contributed by atoms with Crippen molar-refractivity contribution < 1.29 is 22.6 Å². The summed E-state index contributed by atoms with van der Waals surface area (Å²) in [5.74, 6) is -1.57. The number of fused-ring (bicyclic) bond motifs is 1. The predicted molar refractivity (Wildman–Crippen MR) is 105 cm³/mol. The molecule has 0 radical (unpaired) electrons. The lowest BCUT2D eigenvalue weighted by atomic mass is 9.83. The van der Waals surface area contributed by atoms with E-state index in [9.17, 15) is 18.4 Å². The van der Waals surface area contributed by atoms with E-state index in [1.165, 1.54) is 0 Å². The lowest BCUT2D eigenvalue weighted by molar-refractivity contribution is -0.141. The van der Waals surface area contributed by atoms with Crippen LogP contribution in [0.15, 0.2) is 60.0 Å². The van der Waals surface area contributed by atoms with Gasteiger partial charge in [-0.1, -0.05) is 48.0 Å². The number of hydrogen-bond donors (Lipinski definition) is 2. The summed E-state index contributed by atoms with van der Waals surface area (Å²) in [6.45, 7) is 0.0748. The van der Waals surface area contributed by atoms with Crippen LogP contribution in [0.1, 0.15) is 28.3 Å². The van der Waals surface area contributed by atoms with Crippen LogP contribution in [0.3, 0.4) is 0 Å². The Hall–Kier alpha value is -3.64. The Morgan fingerprint density at radius 3 is 2.61 bits per heavy atom. The minimum atomic E-state index is -4.75. The minimum Gasteiger partial charge on any atom is -0.489 e. The Morgan fingerprint density at radius 1 is 1.19 bits per heavy atom. The Labute approximate surface area is 179 Å². The van der Waals surface area contributed by atoms with Gasteiger partial charge >= 0.3 is 6.18 Å². The zero-order valence-corrected chi connectivity index (χ0v) is 16.5. The molecule has 10 heteroatoms. The van der Waals surface area contributed by atoms with E-state index in [0.717, 1.165) is 0 Å². The first kappa shape index (κ1) is 20.6. The van der Waals surface area contributed by atoms with Gasteiger partial charge in [-0.2, -0.15) is 18.4 Å². The molecular weight excluding hydrogens is 433 g/mol. The fraction of sp³-hybridized carbons (Fsp3) is 0.143. The summed E-state index contributed by atoms with van der Waals surface area (Å²) >= 11 is 6.17. The molecule has 158 valence electrons. The molecule has 6 nitrogen and oxygen atoms in total. The van der Waals surface area contributed by atoms with Crippen molar-refractivity contribution in [3.05, 3.63) is 87.4 Å². The van der Waals surface area contributed by atoms with E-state index in [1.807, 2.05) is 11.2 Å². The smallest absolute Gasteiger partial charge is 0.433 e. The molecular formula is C21H14ClF3N4O2. The van der Waals surface area contributed by atoms with Crippen LogP contribution in [-0.2, 0) is 12.8 Å². The molecule has 4 rings (SSSR count). The lowest BCUT2D eigenvalue weighted by Gasteiger charge is -2.26. The highest BCUT2D eigenvalue weighted by molar-refractivity contribution is 6.31. The van der Waals surface area contributed by atoms with Gasteiger partial charge in [0, 0.05) is 16.1 Å². The van der Waals surface area contributed by atoms with Gasteiger partial charge in [0.2, 0.25) is 11.8 Å². The molecule has 0 spiro atoms. The normalized spacial score (nSPS) is 15.8. The monoisotopic (exact) mass is 446 g/mol. The van der Waals surface area contributed by atoms with Crippen molar-refractivity contribution in [2.75, 3.05) is 0 Å². The van der Waals surface area contributed by atoms with Crippen LogP contribution in [0.25, 0.3) is 0 Å². The third-order valence-electron chi connectivity index (χ3n) is 4.79. The topological polar surface area (TPSA) is 97.0 Å². The van der Waals surface area contributed by atoms with Gasteiger partial charge in [-0.15, -0.1) is 5.10 Å². The van der Waals surface area contributed by atoms with Gasteiger partial charge in [0.05, 0.1) is 11.5 Å². The van der Waals surface area contributed by atoms with Crippen LogP contribution in [-0.4, -0.2) is 10.2 Å². The van der Waals surface area contributed by atoms with Crippen molar-refractivity contribution >= 4 is 11.6 Å². The number of benzene rings is 2. The quantitative estimate of drug-likeness (QED) is 0.595. The number of ether oxygens (including phenoxy) is 2. The highest BCUT2D eigenvalue weighted by Crippen LogP contribution is 2.48. The Bertz CT molecular complexity index is 1210. The van der Waals surface area contributed by atoms with Crippen LogP contribution in [0.4, 0.5) is 13.2 Å². The molecule has 0 amide bonds. The second-order valence-electron chi connectivity index (χ2n) is 6.66. The van der Waals surface area contributed by atoms with Gasteiger partial charge in [-0.25, -0.2) is 0 Å². The fourth-order valence-electron chi connectivity index (χ4n) is 3.39. The number of nitriles is 1. The maximum absolute atomic E-state index is 13.6. The van der Waals surface area contributed by atoms with E-state index < -0.39 is 17.8 Å². The molecule has 1 aliphatic heterocycles. The van der Waals surface area contributed by atoms with E-state index in [0.29, 0.717) is 16.1 Å². The maximum atomic E-state index is 13.6. The average Bonchev–Trinajstić information content (AvgIpc) is 3.16. The van der Waals surface area contributed by atoms with Crippen molar-refractivity contribution in [1.82, 2.24) is 10.2 Å². The van der Waals surface area contributed by atoms with E-state index in [1.54, 1.807) is 48.5 Å². The van der Waals surface area contributed by atoms with Gasteiger partial charge in [0.25, 0.3) is 0 Å². The maximum Gasteiger partial charge on any atom is 0.433 e. The highest BCUT2D eigenvalue weighted by Gasteiger charge is 2.45. The number of allylic oxidation sites excluding steroid dienone is 1. The zero-order chi connectivity index (χ0) is 22.2. The van der Waals surface area contributed by atoms with Crippen molar-refractivity contribution in [2.24, 2.45) is 5.73 Å². The minimum absolute atomic E-state index is 0.0748. The number of nitrogens with zero attached hydrogens (tertiary/aromatic N) is 2. The average molecular weight is 447 g/mol. The number of halogens is 4. The first-order chi connectivity index (χ1) is 14.8. The number of hydrogen-bond acceptors (Lipinski definition) is 5. The first-order valence-corrected chi connectivity index (χ1v) is 9.37. The van der Waals surface area contributed by atoms with Gasteiger partial charge in [0.1, 0.15) is 29.7 Å². The molecule has 0 aliphatic carbocycles. The Kier molecular flexibility index (Phi) is 5.25. The second kappa shape index (κ2) is 7.89. The summed E-state index contributed by atoms with van der Waals surface area (Å²) in [7, 11) is 0. The van der Waals surface area contributed by atoms with Gasteiger partial charge in [-0.05, 0) is 12.1 Å². The third kappa shape index (κ3) is 3.78. The molecule has 2 heterocycles. The number of nitrogens with two attached hydrogens (primary N) is 1. The summed E-state index contributed by atoms with van der Waals surface area (Å²) in [5, 5.41) is 15.7. The van der Waals surface area contributed by atoms with Crippen molar-refractivity contribution in [3.63, 3.8) is 0 Å². The standard InChI is InChI=1S/C21H14ClF3N4O2/c22-14-7-3-1-5-11(14)10-30-15-8-4-2-6-12(15)16-13(9-26)19(27)31-20-17(16)18(28-29-20)21(23,24)25/h1-8,16H,10,27H2,(H,28,29)/t16-/m1/s1. The zero-order valence-electron chi connectivity index (χ0n) is 15.7. The molecule has 3 aromatic rings. The van der Waals surface area contributed by atoms with E-state index in [-0.39, 0.29) is 35.3 Å². The van der Waals surface area contributed by atoms with E-state index in [4.69, 9.17) is 26.8 Å². The van der Waals surface area contributed by atoms with Gasteiger partial charge < -0.3 is 15.2 Å². The predicted octanol–water partition coefficient (Wildman–Crippen LogP) is 4.88. The Balaban J connectivity index is 1.82. The fourth-order valence-corrected chi connectivity index (χ4v) is 3.58. The highest BCUT2D eigenvalue weighted by atomic mass is 35.5. The molecule has 0 saturated carbocycles. The number of alkyl halides is 3. The van der Waals surface area contributed by atoms with Crippen LogP contribution in [0, 0.1) is 11.3 Å². The number of rotatable bonds is 4. The summed E-state index contributed by atoms with van der Waals surface area (Å²) in [4.78, 5) is 0. The molecule has 0 bridgehead atoms. The molecule has 2 aromatic carbocycles. The number of H-pyrrole nitrogens is 1. The summed E-state index contributed by atoms with van der Waals surface area (Å²) in [6.07, 6.45) is -4.75. The van der Waals surface area contributed by atoms with Gasteiger partial charge in [0.15, 0.2) is 0 Å². The van der Waals surface area contributed by atoms with E-state index >= 15 is 0 Å². The number of aromatic amines is 1.